The number of furan rings is 1. The summed E-state index contributed by atoms with van der Waals surface area (Å²) in [5.41, 5.74) is 22.4. The SMILES string of the molecule is CC1(C)CCC(C)(C)c2cc(N3B4c5cc6cc(-c7ccccc7)oc6cc5-n5c6ccccc6c6c(-c7ccccc7)cc(c4c65)-c4cc5c(cc43)C(C)(C)CCC5(C)C)ccc21. The zero-order chi connectivity index (χ0) is 43.7. The van der Waals surface area contributed by atoms with Crippen molar-refractivity contribution in [3.8, 4) is 39.3 Å². The molecule has 4 aliphatic rings. The smallest absolute Gasteiger partial charge is 0.333 e. The van der Waals surface area contributed by atoms with Crippen molar-refractivity contribution >= 4 is 61.9 Å². The molecule has 0 bridgehead atoms. The molecule has 9 aromatic rings. The van der Waals surface area contributed by atoms with Gasteiger partial charge in [0.05, 0.1) is 11.0 Å². The third-order valence-electron chi connectivity index (χ3n) is 16.5. The minimum atomic E-state index is -0.100. The lowest BCUT2D eigenvalue weighted by Crippen LogP contribution is -2.60. The molecule has 7 aromatic carbocycles. The summed E-state index contributed by atoms with van der Waals surface area (Å²) in [4.78, 5) is 2.78. The van der Waals surface area contributed by atoms with Crippen LogP contribution in [0.1, 0.15) is 103 Å². The number of para-hydroxylation sites is 1. The summed E-state index contributed by atoms with van der Waals surface area (Å²) in [6, 6.07) is 53.3. The number of nitrogens with zero attached hydrogens (tertiary/aromatic N) is 2. The van der Waals surface area contributed by atoms with Crippen LogP contribution in [0.5, 0.6) is 0 Å². The van der Waals surface area contributed by atoms with Crippen LogP contribution >= 0.6 is 0 Å². The van der Waals surface area contributed by atoms with Crippen molar-refractivity contribution in [2.45, 2.75) is 103 Å². The van der Waals surface area contributed by atoms with E-state index in [4.69, 9.17) is 4.42 Å². The van der Waals surface area contributed by atoms with Gasteiger partial charge < -0.3 is 13.8 Å². The fraction of sp³-hybridized carbons (Fsp3) is 0.267. The molecule has 2 aliphatic heterocycles. The van der Waals surface area contributed by atoms with Crippen molar-refractivity contribution in [1.82, 2.24) is 4.57 Å². The molecule has 0 saturated heterocycles. The zero-order valence-corrected chi connectivity index (χ0v) is 38.5. The molecule has 4 heterocycles. The number of hydrogen-bond donors (Lipinski definition) is 0. The van der Waals surface area contributed by atoms with Gasteiger partial charge in [-0.15, -0.1) is 0 Å². The maximum Gasteiger partial charge on any atom is 0.333 e. The van der Waals surface area contributed by atoms with Crippen molar-refractivity contribution in [3.63, 3.8) is 0 Å². The Balaban J connectivity index is 1.21. The molecule has 0 unspecified atom stereocenters. The Kier molecular flexibility index (Phi) is 7.60. The van der Waals surface area contributed by atoms with E-state index in [0.717, 1.165) is 28.7 Å². The van der Waals surface area contributed by atoms with Crippen LogP contribution in [0, 0.1) is 0 Å². The molecular weight excluding hydrogens is 775 g/mol. The lowest BCUT2D eigenvalue weighted by atomic mass is 9.43. The Hall–Kier alpha value is -6.26. The van der Waals surface area contributed by atoms with Gasteiger partial charge in [0, 0.05) is 50.4 Å². The maximum atomic E-state index is 6.84. The Bertz CT molecular complexity index is 3450. The van der Waals surface area contributed by atoms with Gasteiger partial charge in [-0.3, -0.25) is 0 Å². The van der Waals surface area contributed by atoms with Gasteiger partial charge in [-0.2, -0.15) is 0 Å². The van der Waals surface area contributed by atoms with E-state index in [2.05, 4.69) is 204 Å². The molecular formula is C60H55BN2O. The van der Waals surface area contributed by atoms with Crippen molar-refractivity contribution in [2.24, 2.45) is 0 Å². The predicted octanol–water partition coefficient (Wildman–Crippen LogP) is 14.8. The first-order chi connectivity index (χ1) is 30.7. The predicted molar refractivity (Wildman–Crippen MR) is 271 cm³/mol. The number of hydrogen-bond acceptors (Lipinski definition) is 2. The number of benzene rings is 7. The first-order valence-corrected chi connectivity index (χ1v) is 23.6. The Morgan fingerprint density at radius 1 is 0.500 bits per heavy atom. The Morgan fingerprint density at radius 3 is 1.81 bits per heavy atom. The van der Waals surface area contributed by atoms with Gasteiger partial charge in [-0.25, -0.2) is 0 Å². The monoisotopic (exact) mass is 830 g/mol. The number of anilines is 2. The third-order valence-corrected chi connectivity index (χ3v) is 16.5. The van der Waals surface area contributed by atoms with E-state index < -0.39 is 0 Å². The van der Waals surface area contributed by atoms with Gasteiger partial charge in [-0.1, -0.05) is 146 Å². The fourth-order valence-corrected chi connectivity index (χ4v) is 12.6. The lowest BCUT2D eigenvalue weighted by molar-refractivity contribution is 0.332. The molecule has 0 spiro atoms. The van der Waals surface area contributed by atoms with Crippen molar-refractivity contribution in [3.05, 3.63) is 162 Å². The summed E-state index contributed by atoms with van der Waals surface area (Å²) in [6.45, 7) is 19.6. The average Bonchev–Trinajstić information content (AvgIpc) is 3.88. The van der Waals surface area contributed by atoms with Crippen molar-refractivity contribution < 1.29 is 4.42 Å². The van der Waals surface area contributed by atoms with Crippen LogP contribution in [0.3, 0.4) is 0 Å². The summed E-state index contributed by atoms with van der Waals surface area (Å²) in [5, 5.41) is 3.72. The molecule has 314 valence electrons. The summed E-state index contributed by atoms with van der Waals surface area (Å²) in [6.07, 6.45) is 4.70. The Labute approximate surface area is 377 Å². The zero-order valence-electron chi connectivity index (χ0n) is 38.5. The van der Waals surface area contributed by atoms with Crippen LogP contribution in [0.25, 0.3) is 72.0 Å². The highest BCUT2D eigenvalue weighted by Crippen LogP contribution is 2.55. The first kappa shape index (κ1) is 38.2. The van der Waals surface area contributed by atoms with E-state index in [9.17, 15) is 0 Å². The second kappa shape index (κ2) is 12.7. The van der Waals surface area contributed by atoms with Gasteiger partial charge in [0.1, 0.15) is 11.3 Å². The highest BCUT2D eigenvalue weighted by atomic mass is 16.3. The minimum absolute atomic E-state index is 0.0422. The normalized spacial score (nSPS) is 18.2. The summed E-state index contributed by atoms with van der Waals surface area (Å²) in [7, 11) is 0. The van der Waals surface area contributed by atoms with Gasteiger partial charge in [0.25, 0.3) is 0 Å². The van der Waals surface area contributed by atoms with Crippen molar-refractivity contribution in [1.29, 1.82) is 0 Å². The first-order valence-electron chi connectivity index (χ1n) is 23.6. The highest BCUT2D eigenvalue weighted by molar-refractivity contribution is 6.94. The third kappa shape index (κ3) is 5.17. The number of aromatic nitrogens is 1. The van der Waals surface area contributed by atoms with E-state index in [0.29, 0.717) is 0 Å². The summed E-state index contributed by atoms with van der Waals surface area (Å²) >= 11 is 0. The van der Waals surface area contributed by atoms with Crippen LogP contribution in [0.4, 0.5) is 11.4 Å². The van der Waals surface area contributed by atoms with Crippen LogP contribution in [0.15, 0.2) is 144 Å². The van der Waals surface area contributed by atoms with E-state index in [1.807, 2.05) is 0 Å². The van der Waals surface area contributed by atoms with E-state index in [1.165, 1.54) is 114 Å². The van der Waals surface area contributed by atoms with Crippen LogP contribution in [0.2, 0.25) is 0 Å². The van der Waals surface area contributed by atoms with Gasteiger partial charge in [0.2, 0.25) is 0 Å². The molecule has 0 atom stereocenters. The van der Waals surface area contributed by atoms with Crippen LogP contribution < -0.4 is 15.7 Å². The quantitative estimate of drug-likeness (QED) is 0.165. The van der Waals surface area contributed by atoms with Gasteiger partial charge in [-0.05, 0) is 140 Å². The Morgan fingerprint density at radius 2 is 1.11 bits per heavy atom. The lowest BCUT2D eigenvalue weighted by Gasteiger charge is -2.47. The van der Waals surface area contributed by atoms with Crippen LogP contribution in [-0.4, -0.2) is 11.4 Å². The average molecular weight is 831 g/mol. The highest BCUT2D eigenvalue weighted by Gasteiger charge is 2.48. The summed E-state index contributed by atoms with van der Waals surface area (Å²) < 4.78 is 9.44. The number of fused-ring (bicyclic) bond motifs is 11. The number of rotatable bonds is 3. The molecule has 13 rings (SSSR count). The van der Waals surface area contributed by atoms with E-state index in [1.54, 1.807) is 0 Å². The van der Waals surface area contributed by atoms with Gasteiger partial charge in [0.15, 0.2) is 0 Å². The topological polar surface area (TPSA) is 21.3 Å². The fourth-order valence-electron chi connectivity index (χ4n) is 12.6. The molecule has 2 aromatic heterocycles. The molecule has 2 aliphatic carbocycles. The molecule has 4 heteroatoms. The standard InChI is InChI=1S/C60H55BN2O/c1-57(2)25-26-58(3,4)45-31-39(23-24-44(45)57)63-50-34-47-46(59(5,6)27-28-60(47,7)8)33-42(50)43-32-41(36-17-11-9-12-18-36)54-40-21-15-16-22-49(40)62-51-35-53-38(29-48(51)61(63)55(43)56(54)62)30-52(64-53)37-19-13-10-14-20-37/h9-24,29-35H,25-28H2,1-8H3. The molecule has 0 saturated carbocycles. The molecule has 3 nitrogen and oxygen atoms in total. The molecule has 0 amide bonds. The minimum Gasteiger partial charge on any atom is -0.456 e. The summed E-state index contributed by atoms with van der Waals surface area (Å²) in [5.74, 6) is 0.895. The molecule has 0 radical (unpaired) electrons. The van der Waals surface area contributed by atoms with Crippen molar-refractivity contribution in [2.75, 3.05) is 4.81 Å². The molecule has 0 fully saturated rings. The van der Waals surface area contributed by atoms with Gasteiger partial charge >= 0.3 is 6.85 Å². The second-order valence-electron chi connectivity index (χ2n) is 22.2. The van der Waals surface area contributed by atoms with E-state index >= 15 is 0 Å². The maximum absolute atomic E-state index is 6.84. The van der Waals surface area contributed by atoms with Crippen LogP contribution in [-0.2, 0) is 21.7 Å². The van der Waals surface area contributed by atoms with E-state index in [-0.39, 0.29) is 28.5 Å². The second-order valence-corrected chi connectivity index (χ2v) is 22.2. The molecule has 0 N–H and O–H groups in total. The largest absolute Gasteiger partial charge is 0.456 e. The molecule has 64 heavy (non-hydrogen) atoms.